The van der Waals surface area contributed by atoms with Crippen molar-refractivity contribution in [2.45, 2.75) is 19.9 Å². The van der Waals surface area contributed by atoms with Crippen molar-refractivity contribution < 1.29 is 13.9 Å². The lowest BCUT2D eigenvalue weighted by molar-refractivity contribution is -0.123. The number of H-pyrrole nitrogens is 1. The number of carbonyl (C=O) groups is 1. The van der Waals surface area contributed by atoms with Crippen molar-refractivity contribution >= 4 is 22.8 Å². The molecule has 1 aliphatic heterocycles. The van der Waals surface area contributed by atoms with Gasteiger partial charge >= 0.3 is 0 Å². The van der Waals surface area contributed by atoms with Crippen molar-refractivity contribution in [3.05, 3.63) is 53.2 Å². The van der Waals surface area contributed by atoms with Crippen molar-refractivity contribution in [3.8, 4) is 0 Å². The van der Waals surface area contributed by atoms with E-state index in [9.17, 15) is 9.18 Å². The van der Waals surface area contributed by atoms with Crippen molar-refractivity contribution in [1.29, 1.82) is 0 Å². The number of fused-ring (bicyclic) bond motifs is 1. The minimum atomic E-state index is -0.634. The fourth-order valence-corrected chi connectivity index (χ4v) is 3.61. The number of aryl methyl sites for hydroxylation is 2. The number of morpholine rings is 1. The zero-order valence-electron chi connectivity index (χ0n) is 15.8. The van der Waals surface area contributed by atoms with Crippen LogP contribution in [0.1, 0.15) is 22.9 Å². The van der Waals surface area contributed by atoms with Gasteiger partial charge in [-0.25, -0.2) is 14.4 Å². The Kier molecular flexibility index (Phi) is 5.06. The highest BCUT2D eigenvalue weighted by molar-refractivity contribution is 6.02. The fourth-order valence-electron chi connectivity index (χ4n) is 3.61. The largest absolute Gasteiger partial charge is 0.379 e. The normalized spacial score (nSPS) is 16.2. The van der Waals surface area contributed by atoms with Crippen LogP contribution in [0.3, 0.4) is 0 Å². The van der Waals surface area contributed by atoms with Gasteiger partial charge in [0.05, 0.1) is 18.6 Å². The number of hydrogen-bond acceptors (Lipinski definition) is 5. The molecule has 7 nitrogen and oxygen atoms in total. The van der Waals surface area contributed by atoms with Crippen LogP contribution >= 0.6 is 0 Å². The van der Waals surface area contributed by atoms with Gasteiger partial charge < -0.3 is 15.0 Å². The highest BCUT2D eigenvalue weighted by Gasteiger charge is 2.30. The first-order chi connectivity index (χ1) is 13.5. The maximum atomic E-state index is 13.8. The highest BCUT2D eigenvalue weighted by atomic mass is 19.1. The summed E-state index contributed by atoms with van der Waals surface area (Å²) in [5, 5.41) is 3.72. The predicted octanol–water partition coefficient (Wildman–Crippen LogP) is 2.73. The van der Waals surface area contributed by atoms with Crippen molar-refractivity contribution in [1.82, 2.24) is 19.9 Å². The van der Waals surface area contributed by atoms with E-state index in [-0.39, 0.29) is 11.7 Å². The number of hydrogen-bond donors (Lipinski definition) is 2. The van der Waals surface area contributed by atoms with E-state index in [2.05, 4.69) is 20.3 Å². The third-order valence-electron chi connectivity index (χ3n) is 5.16. The van der Waals surface area contributed by atoms with Gasteiger partial charge in [0.1, 0.15) is 29.7 Å². The summed E-state index contributed by atoms with van der Waals surface area (Å²) in [5.74, 6) is -0.178. The number of benzene rings is 1. The van der Waals surface area contributed by atoms with Gasteiger partial charge in [0, 0.05) is 18.8 Å². The third-order valence-corrected chi connectivity index (χ3v) is 5.16. The van der Waals surface area contributed by atoms with Crippen molar-refractivity contribution in [2.24, 2.45) is 0 Å². The van der Waals surface area contributed by atoms with Gasteiger partial charge in [0.2, 0.25) is 5.91 Å². The first kappa shape index (κ1) is 18.5. The van der Waals surface area contributed by atoms with Crippen LogP contribution in [0.5, 0.6) is 0 Å². The van der Waals surface area contributed by atoms with E-state index in [0.717, 1.165) is 16.6 Å². The van der Waals surface area contributed by atoms with Crippen LogP contribution in [0.15, 0.2) is 30.6 Å². The Labute approximate surface area is 161 Å². The summed E-state index contributed by atoms with van der Waals surface area (Å²) in [4.78, 5) is 27.0. The van der Waals surface area contributed by atoms with Crippen molar-refractivity contribution in [3.63, 3.8) is 0 Å². The molecule has 1 amide bonds. The number of aromatic nitrogens is 3. The number of nitrogens with one attached hydrogen (secondary N) is 2. The lowest BCUT2D eigenvalue weighted by Gasteiger charge is -2.33. The van der Waals surface area contributed by atoms with Crippen molar-refractivity contribution in [2.75, 3.05) is 31.6 Å². The zero-order chi connectivity index (χ0) is 19.7. The molecular formula is C20H22FN5O2. The minimum Gasteiger partial charge on any atom is -0.379 e. The molecule has 3 heterocycles. The molecule has 0 bridgehead atoms. The smallest absolute Gasteiger partial charge is 0.247 e. The number of ether oxygens (including phenoxy) is 1. The molecule has 1 atom stereocenters. The molecular weight excluding hydrogens is 361 g/mol. The van der Waals surface area contributed by atoms with Crippen LogP contribution in [-0.2, 0) is 9.53 Å². The molecule has 3 aromatic rings. The van der Waals surface area contributed by atoms with E-state index < -0.39 is 6.04 Å². The number of rotatable bonds is 4. The van der Waals surface area contributed by atoms with Gasteiger partial charge in [-0.15, -0.1) is 0 Å². The monoisotopic (exact) mass is 383 g/mol. The SMILES string of the molecule is Cc1[nH]c2ncnc(NC(=O)C(c3cccc(F)c3)N3CCOCC3)c2c1C. The molecule has 1 aliphatic rings. The number of halogens is 1. The zero-order valence-corrected chi connectivity index (χ0v) is 15.8. The molecule has 8 heteroatoms. The lowest BCUT2D eigenvalue weighted by Crippen LogP contribution is -2.44. The van der Waals surface area contributed by atoms with Gasteiger partial charge in [-0.05, 0) is 37.1 Å². The maximum absolute atomic E-state index is 13.8. The van der Waals surface area contributed by atoms with Crippen LogP contribution < -0.4 is 5.32 Å². The Morgan fingerprint density at radius 3 is 2.82 bits per heavy atom. The van der Waals surface area contributed by atoms with E-state index in [4.69, 9.17) is 4.74 Å². The lowest BCUT2D eigenvalue weighted by atomic mass is 10.0. The van der Waals surface area contributed by atoms with Gasteiger partial charge in [0.25, 0.3) is 0 Å². The first-order valence-corrected chi connectivity index (χ1v) is 9.22. The number of anilines is 1. The van der Waals surface area contributed by atoms with E-state index in [0.29, 0.717) is 43.3 Å². The Morgan fingerprint density at radius 2 is 2.07 bits per heavy atom. The number of aromatic amines is 1. The Morgan fingerprint density at radius 1 is 1.29 bits per heavy atom. The molecule has 0 radical (unpaired) electrons. The van der Waals surface area contributed by atoms with Gasteiger partial charge in [-0.1, -0.05) is 12.1 Å². The molecule has 2 aromatic heterocycles. The van der Waals surface area contributed by atoms with E-state index >= 15 is 0 Å². The summed E-state index contributed by atoms with van der Waals surface area (Å²) in [5.41, 5.74) is 3.24. The molecule has 1 saturated heterocycles. The maximum Gasteiger partial charge on any atom is 0.247 e. The molecule has 28 heavy (non-hydrogen) atoms. The molecule has 146 valence electrons. The van der Waals surface area contributed by atoms with Crippen LogP contribution in [-0.4, -0.2) is 52.1 Å². The molecule has 0 saturated carbocycles. The molecule has 1 unspecified atom stereocenters. The Hall–Kier alpha value is -2.84. The second kappa shape index (κ2) is 7.65. The molecule has 0 spiro atoms. The topological polar surface area (TPSA) is 83.1 Å². The highest BCUT2D eigenvalue weighted by Crippen LogP contribution is 2.28. The molecule has 1 aromatic carbocycles. The third kappa shape index (κ3) is 3.48. The summed E-state index contributed by atoms with van der Waals surface area (Å²) in [7, 11) is 0. The van der Waals surface area contributed by atoms with E-state index in [1.54, 1.807) is 12.1 Å². The molecule has 2 N–H and O–H groups in total. The predicted molar refractivity (Wildman–Crippen MR) is 104 cm³/mol. The first-order valence-electron chi connectivity index (χ1n) is 9.22. The summed E-state index contributed by atoms with van der Waals surface area (Å²) >= 11 is 0. The average Bonchev–Trinajstić information content (AvgIpc) is 2.98. The molecule has 4 rings (SSSR count). The summed E-state index contributed by atoms with van der Waals surface area (Å²) in [6, 6.07) is 5.53. The van der Waals surface area contributed by atoms with Crippen LogP contribution in [0, 0.1) is 19.7 Å². The number of carbonyl (C=O) groups excluding carboxylic acids is 1. The van der Waals surface area contributed by atoms with E-state index in [1.807, 2.05) is 18.7 Å². The van der Waals surface area contributed by atoms with Crippen LogP contribution in [0.2, 0.25) is 0 Å². The number of amides is 1. The molecule has 0 aliphatic carbocycles. The van der Waals surface area contributed by atoms with Crippen LogP contribution in [0.25, 0.3) is 11.0 Å². The standard InChI is InChI=1S/C20H22FN5O2/c1-12-13(2)24-18-16(12)19(23-11-22-18)25-20(27)17(26-6-8-28-9-7-26)14-4-3-5-15(21)10-14/h3-5,10-11,17H,6-9H2,1-2H3,(H2,22,23,24,25,27). The van der Waals surface area contributed by atoms with Gasteiger partial charge in [-0.3, -0.25) is 9.69 Å². The Balaban J connectivity index is 1.70. The fraction of sp³-hybridized carbons (Fsp3) is 0.350. The van der Waals surface area contributed by atoms with E-state index in [1.165, 1.54) is 18.5 Å². The quantitative estimate of drug-likeness (QED) is 0.724. The summed E-state index contributed by atoms with van der Waals surface area (Å²) in [6.45, 7) is 6.16. The van der Waals surface area contributed by atoms with Gasteiger partial charge in [-0.2, -0.15) is 0 Å². The summed E-state index contributed by atoms with van der Waals surface area (Å²) in [6.07, 6.45) is 1.42. The number of nitrogens with zero attached hydrogens (tertiary/aromatic N) is 3. The second-order valence-corrected chi connectivity index (χ2v) is 6.92. The Bertz CT molecular complexity index is 1010. The average molecular weight is 383 g/mol. The summed E-state index contributed by atoms with van der Waals surface area (Å²) < 4.78 is 19.3. The second-order valence-electron chi connectivity index (χ2n) is 6.92. The molecule has 1 fully saturated rings. The minimum absolute atomic E-state index is 0.259. The van der Waals surface area contributed by atoms with Crippen LogP contribution in [0.4, 0.5) is 10.2 Å². The van der Waals surface area contributed by atoms with Gasteiger partial charge in [0.15, 0.2) is 0 Å².